The lowest BCUT2D eigenvalue weighted by atomic mass is 9.96. The molecule has 1 atom stereocenters. The second-order valence-corrected chi connectivity index (χ2v) is 5.80. The van der Waals surface area contributed by atoms with Crippen molar-refractivity contribution in [3.63, 3.8) is 0 Å². The average molecular weight is 301 g/mol. The number of nitrogens with one attached hydrogen (secondary N) is 1. The fraction of sp³-hybridized carbons (Fsp3) is 0.176. The third-order valence-electron chi connectivity index (χ3n) is 3.72. The van der Waals surface area contributed by atoms with Crippen molar-refractivity contribution in [3.8, 4) is 5.75 Å². The van der Waals surface area contributed by atoms with E-state index in [9.17, 15) is 5.11 Å². The molecule has 0 aliphatic heterocycles. The Bertz CT molecular complexity index is 779. The molecule has 0 saturated heterocycles. The SMILES string of the molecule is CN(C)C(c1ccccc1O)c1c[nH]c2cc(Cl)ccc12. The van der Waals surface area contributed by atoms with Crippen LogP contribution in [-0.4, -0.2) is 29.1 Å². The van der Waals surface area contributed by atoms with E-state index in [0.29, 0.717) is 10.8 Å². The number of nitrogens with zero attached hydrogens (tertiary/aromatic N) is 1. The molecule has 2 aromatic carbocycles. The summed E-state index contributed by atoms with van der Waals surface area (Å²) in [5.74, 6) is 0.305. The third kappa shape index (κ3) is 2.50. The zero-order valence-corrected chi connectivity index (χ0v) is 12.7. The Kier molecular flexibility index (Phi) is 3.62. The molecule has 0 bridgehead atoms. The first-order valence-electron chi connectivity index (χ1n) is 6.79. The molecule has 3 aromatic rings. The van der Waals surface area contributed by atoms with Gasteiger partial charge in [0.25, 0.3) is 0 Å². The van der Waals surface area contributed by atoms with Gasteiger partial charge in [-0.2, -0.15) is 0 Å². The first-order chi connectivity index (χ1) is 10.1. The Morgan fingerprint density at radius 1 is 1.10 bits per heavy atom. The molecule has 0 fully saturated rings. The van der Waals surface area contributed by atoms with Crippen LogP contribution in [0.5, 0.6) is 5.75 Å². The van der Waals surface area contributed by atoms with E-state index >= 15 is 0 Å². The van der Waals surface area contributed by atoms with Gasteiger partial charge < -0.3 is 10.1 Å². The molecule has 0 saturated carbocycles. The van der Waals surface area contributed by atoms with Crippen LogP contribution in [0.3, 0.4) is 0 Å². The molecule has 0 spiro atoms. The predicted molar refractivity (Wildman–Crippen MR) is 86.9 cm³/mol. The molecule has 0 aliphatic carbocycles. The molecule has 2 N–H and O–H groups in total. The maximum atomic E-state index is 10.2. The van der Waals surface area contributed by atoms with Crippen LogP contribution in [0.4, 0.5) is 0 Å². The molecule has 21 heavy (non-hydrogen) atoms. The number of aromatic amines is 1. The average Bonchev–Trinajstić information content (AvgIpc) is 2.84. The van der Waals surface area contributed by atoms with Crippen molar-refractivity contribution >= 4 is 22.5 Å². The summed E-state index contributed by atoms with van der Waals surface area (Å²) in [6.45, 7) is 0. The van der Waals surface area contributed by atoms with Crippen LogP contribution >= 0.6 is 11.6 Å². The minimum atomic E-state index is -0.0267. The fourth-order valence-electron chi connectivity index (χ4n) is 2.79. The van der Waals surface area contributed by atoms with Crippen LogP contribution in [0.1, 0.15) is 17.2 Å². The summed E-state index contributed by atoms with van der Waals surface area (Å²) in [6.07, 6.45) is 1.98. The summed E-state index contributed by atoms with van der Waals surface area (Å²) in [5, 5.41) is 12.0. The number of aromatic nitrogens is 1. The summed E-state index contributed by atoms with van der Waals surface area (Å²) in [4.78, 5) is 5.35. The topological polar surface area (TPSA) is 39.3 Å². The monoisotopic (exact) mass is 300 g/mol. The van der Waals surface area contributed by atoms with Gasteiger partial charge in [-0.25, -0.2) is 0 Å². The smallest absolute Gasteiger partial charge is 0.120 e. The van der Waals surface area contributed by atoms with Crippen molar-refractivity contribution in [3.05, 3.63) is 64.8 Å². The summed E-state index contributed by atoms with van der Waals surface area (Å²) in [5.41, 5.74) is 3.01. The lowest BCUT2D eigenvalue weighted by Gasteiger charge is -2.25. The summed E-state index contributed by atoms with van der Waals surface area (Å²) in [6, 6.07) is 13.2. The molecule has 3 rings (SSSR count). The van der Waals surface area contributed by atoms with Gasteiger partial charge in [-0.1, -0.05) is 35.9 Å². The van der Waals surface area contributed by atoms with E-state index in [1.54, 1.807) is 6.07 Å². The number of phenols is 1. The van der Waals surface area contributed by atoms with Crippen molar-refractivity contribution in [2.24, 2.45) is 0 Å². The van der Waals surface area contributed by atoms with Crippen LogP contribution in [0.15, 0.2) is 48.7 Å². The Labute approximate surface area is 128 Å². The molecular formula is C17H17ClN2O. The molecular weight excluding hydrogens is 284 g/mol. The van der Waals surface area contributed by atoms with Gasteiger partial charge in [0.2, 0.25) is 0 Å². The lowest BCUT2D eigenvalue weighted by molar-refractivity contribution is 0.333. The van der Waals surface area contributed by atoms with Gasteiger partial charge in [0, 0.05) is 27.7 Å². The van der Waals surface area contributed by atoms with Crippen LogP contribution in [0.2, 0.25) is 5.02 Å². The standard InChI is InChI=1S/C17H17ClN2O/c1-20(2)17(13-5-3-4-6-16(13)21)14-10-19-15-9-11(18)7-8-12(14)15/h3-10,17,19,21H,1-2H3. The zero-order chi connectivity index (χ0) is 15.0. The highest BCUT2D eigenvalue weighted by atomic mass is 35.5. The predicted octanol–water partition coefficient (Wildman–Crippen LogP) is 4.18. The molecule has 4 heteroatoms. The van der Waals surface area contributed by atoms with Crippen LogP contribution in [0, 0.1) is 0 Å². The van der Waals surface area contributed by atoms with E-state index in [4.69, 9.17) is 11.6 Å². The van der Waals surface area contributed by atoms with Crippen molar-refractivity contribution in [1.29, 1.82) is 0 Å². The molecule has 0 radical (unpaired) electrons. The Balaban J connectivity index is 2.19. The maximum Gasteiger partial charge on any atom is 0.120 e. The van der Waals surface area contributed by atoms with E-state index < -0.39 is 0 Å². The quantitative estimate of drug-likeness (QED) is 0.762. The number of rotatable bonds is 3. The molecule has 1 unspecified atom stereocenters. The molecule has 1 aromatic heterocycles. The second-order valence-electron chi connectivity index (χ2n) is 5.36. The number of para-hydroxylation sites is 1. The van der Waals surface area contributed by atoms with E-state index in [2.05, 4.69) is 9.88 Å². The van der Waals surface area contributed by atoms with Gasteiger partial charge >= 0.3 is 0 Å². The van der Waals surface area contributed by atoms with Gasteiger partial charge in [0.05, 0.1) is 6.04 Å². The minimum absolute atomic E-state index is 0.0267. The minimum Gasteiger partial charge on any atom is -0.508 e. The van der Waals surface area contributed by atoms with Crippen LogP contribution in [-0.2, 0) is 0 Å². The van der Waals surface area contributed by atoms with E-state index in [1.807, 2.05) is 56.7 Å². The number of phenolic OH excluding ortho intramolecular Hbond substituents is 1. The van der Waals surface area contributed by atoms with Crippen molar-refractivity contribution in [2.75, 3.05) is 14.1 Å². The van der Waals surface area contributed by atoms with Crippen molar-refractivity contribution < 1.29 is 5.11 Å². The zero-order valence-electron chi connectivity index (χ0n) is 12.0. The van der Waals surface area contributed by atoms with E-state index in [1.165, 1.54) is 0 Å². The number of H-pyrrole nitrogens is 1. The van der Waals surface area contributed by atoms with Crippen LogP contribution < -0.4 is 0 Å². The first-order valence-corrected chi connectivity index (χ1v) is 7.16. The number of hydrogen-bond acceptors (Lipinski definition) is 2. The summed E-state index contributed by atoms with van der Waals surface area (Å²) >= 11 is 6.04. The Hall–Kier alpha value is -1.97. The van der Waals surface area contributed by atoms with E-state index in [0.717, 1.165) is 22.0 Å². The normalized spacial score (nSPS) is 13.0. The van der Waals surface area contributed by atoms with Crippen molar-refractivity contribution in [2.45, 2.75) is 6.04 Å². The molecule has 3 nitrogen and oxygen atoms in total. The van der Waals surface area contributed by atoms with Gasteiger partial charge in [-0.15, -0.1) is 0 Å². The molecule has 0 amide bonds. The largest absolute Gasteiger partial charge is 0.508 e. The number of halogens is 1. The summed E-state index contributed by atoms with van der Waals surface area (Å²) in [7, 11) is 4.01. The van der Waals surface area contributed by atoms with Crippen molar-refractivity contribution in [1.82, 2.24) is 9.88 Å². The molecule has 1 heterocycles. The Morgan fingerprint density at radius 2 is 1.86 bits per heavy atom. The summed E-state index contributed by atoms with van der Waals surface area (Å²) < 4.78 is 0. The highest BCUT2D eigenvalue weighted by molar-refractivity contribution is 6.31. The van der Waals surface area contributed by atoms with Gasteiger partial charge in [-0.05, 0) is 37.9 Å². The molecule has 0 aliphatic rings. The highest BCUT2D eigenvalue weighted by Crippen LogP contribution is 2.36. The maximum absolute atomic E-state index is 10.2. The van der Waals surface area contributed by atoms with Gasteiger partial charge in [0.1, 0.15) is 5.75 Å². The van der Waals surface area contributed by atoms with Gasteiger partial charge in [0.15, 0.2) is 0 Å². The molecule has 108 valence electrons. The Morgan fingerprint density at radius 3 is 2.57 bits per heavy atom. The fourth-order valence-corrected chi connectivity index (χ4v) is 2.96. The highest BCUT2D eigenvalue weighted by Gasteiger charge is 2.22. The number of benzene rings is 2. The third-order valence-corrected chi connectivity index (χ3v) is 3.95. The first kappa shape index (κ1) is 14.0. The van der Waals surface area contributed by atoms with E-state index in [-0.39, 0.29) is 6.04 Å². The van der Waals surface area contributed by atoms with Gasteiger partial charge in [-0.3, -0.25) is 4.90 Å². The number of fused-ring (bicyclic) bond motifs is 1. The second kappa shape index (κ2) is 5.43. The number of aromatic hydroxyl groups is 1. The number of hydrogen-bond donors (Lipinski definition) is 2. The van der Waals surface area contributed by atoms with Crippen LogP contribution in [0.25, 0.3) is 10.9 Å². The lowest BCUT2D eigenvalue weighted by Crippen LogP contribution is -2.20.